The van der Waals surface area contributed by atoms with E-state index in [2.05, 4.69) is 10.4 Å². The minimum absolute atomic E-state index is 0.123. The van der Waals surface area contributed by atoms with Crippen molar-refractivity contribution in [3.63, 3.8) is 0 Å². The van der Waals surface area contributed by atoms with Crippen molar-refractivity contribution in [3.05, 3.63) is 60.2 Å². The van der Waals surface area contributed by atoms with Crippen molar-refractivity contribution in [1.29, 1.82) is 0 Å². The van der Waals surface area contributed by atoms with Crippen LogP contribution in [-0.4, -0.2) is 49.8 Å². The number of fused-ring (bicyclic) bond motifs is 5. The molecule has 4 atom stereocenters. The number of hydrazone groups is 1. The summed E-state index contributed by atoms with van der Waals surface area (Å²) < 4.78 is 16.6. The lowest BCUT2D eigenvalue weighted by Crippen LogP contribution is -2.28. The van der Waals surface area contributed by atoms with Gasteiger partial charge in [-0.3, -0.25) is 14.4 Å². The molecule has 2 bridgehead atoms. The van der Waals surface area contributed by atoms with Crippen molar-refractivity contribution >= 4 is 29.6 Å². The number of nitrogens with zero attached hydrogens (tertiary/aromatic N) is 2. The van der Waals surface area contributed by atoms with Gasteiger partial charge in [-0.1, -0.05) is 30.4 Å². The maximum absolute atomic E-state index is 12.8. The average molecular weight is 476 g/mol. The second-order valence-electron chi connectivity index (χ2n) is 8.69. The van der Waals surface area contributed by atoms with Crippen molar-refractivity contribution in [2.24, 2.45) is 28.8 Å². The molecule has 0 aromatic heterocycles. The summed E-state index contributed by atoms with van der Waals surface area (Å²) >= 11 is 0. The normalized spacial score (nSPS) is 24.2. The Bertz CT molecular complexity index is 1170. The van der Waals surface area contributed by atoms with Crippen molar-refractivity contribution in [3.8, 4) is 17.2 Å². The third-order valence-electron chi connectivity index (χ3n) is 6.66. The number of methoxy groups -OCH3 is 2. The zero-order valence-electron chi connectivity index (χ0n) is 19.3. The Labute approximate surface area is 202 Å². The smallest absolute Gasteiger partial charge is 0.262 e. The van der Waals surface area contributed by atoms with Gasteiger partial charge in [-0.05, 0) is 42.5 Å². The van der Waals surface area contributed by atoms with E-state index in [0.29, 0.717) is 22.7 Å². The summed E-state index contributed by atoms with van der Waals surface area (Å²) in [5, 5.41) is 7.93. The Balaban J connectivity index is 1.30. The lowest BCUT2D eigenvalue weighted by Gasteiger charge is -2.15. The summed E-state index contributed by atoms with van der Waals surface area (Å²) in [5.41, 5.74) is 1.20. The molecule has 2 aliphatic carbocycles. The predicted molar refractivity (Wildman–Crippen MR) is 127 cm³/mol. The maximum atomic E-state index is 12.8. The first-order valence-corrected chi connectivity index (χ1v) is 11.3. The standard InChI is InChI=1S/C26H25N3O6/c1-33-19-10-15(13-27-29-25(31)22-16-8-9-17(12-16)23(22)26(29)32)11-20(34-2)24(19)35-14-21(30)28-18-6-4-3-5-7-18/h3-11,13,16-17,22-23H,12,14H2,1-2H3,(H,28,30)/t16-,17-,22-,23+/m0/s1. The molecule has 5 rings (SSSR count). The minimum atomic E-state index is -0.342. The fourth-order valence-electron chi connectivity index (χ4n) is 5.10. The Morgan fingerprint density at radius 3 is 2.20 bits per heavy atom. The Morgan fingerprint density at radius 2 is 1.63 bits per heavy atom. The molecule has 1 heterocycles. The van der Waals surface area contributed by atoms with E-state index in [0.717, 1.165) is 11.4 Å². The number of anilines is 1. The number of imide groups is 1. The van der Waals surface area contributed by atoms with Crippen molar-refractivity contribution < 1.29 is 28.6 Å². The average Bonchev–Trinajstić information content (AvgIpc) is 3.55. The molecule has 2 fully saturated rings. The van der Waals surface area contributed by atoms with Gasteiger partial charge in [0.15, 0.2) is 18.1 Å². The summed E-state index contributed by atoms with van der Waals surface area (Å²) in [6.45, 7) is -0.259. The molecule has 1 aliphatic heterocycles. The number of hydrogen-bond acceptors (Lipinski definition) is 7. The molecule has 2 aromatic carbocycles. The van der Waals surface area contributed by atoms with Crippen LogP contribution in [0.1, 0.15) is 12.0 Å². The lowest BCUT2D eigenvalue weighted by molar-refractivity contribution is -0.140. The van der Waals surface area contributed by atoms with Gasteiger partial charge in [0.05, 0.1) is 32.3 Å². The van der Waals surface area contributed by atoms with Crippen LogP contribution in [0.2, 0.25) is 0 Å². The van der Waals surface area contributed by atoms with Gasteiger partial charge in [-0.15, -0.1) is 0 Å². The molecule has 9 nitrogen and oxygen atoms in total. The van der Waals surface area contributed by atoms with Gasteiger partial charge in [0.25, 0.3) is 17.7 Å². The van der Waals surface area contributed by atoms with Crippen LogP contribution in [0.3, 0.4) is 0 Å². The number of para-hydroxylation sites is 1. The molecule has 1 saturated carbocycles. The third-order valence-corrected chi connectivity index (χ3v) is 6.66. The quantitative estimate of drug-likeness (QED) is 0.358. The van der Waals surface area contributed by atoms with Crippen LogP contribution in [0.25, 0.3) is 0 Å². The molecule has 0 spiro atoms. The predicted octanol–water partition coefficient (Wildman–Crippen LogP) is 2.86. The third kappa shape index (κ3) is 4.14. The second kappa shape index (κ2) is 9.25. The Morgan fingerprint density at radius 1 is 1.03 bits per heavy atom. The molecule has 2 aromatic rings. The summed E-state index contributed by atoms with van der Waals surface area (Å²) in [4.78, 5) is 38.0. The number of nitrogens with one attached hydrogen (secondary N) is 1. The van der Waals surface area contributed by atoms with Crippen molar-refractivity contribution in [1.82, 2.24) is 5.01 Å². The Kier molecular flexibility index (Phi) is 5.98. The van der Waals surface area contributed by atoms with Gasteiger partial charge in [0.1, 0.15) is 0 Å². The zero-order valence-corrected chi connectivity index (χ0v) is 19.3. The van der Waals surface area contributed by atoms with Gasteiger partial charge in [-0.25, -0.2) is 0 Å². The van der Waals surface area contributed by atoms with E-state index in [1.165, 1.54) is 20.4 Å². The van der Waals surface area contributed by atoms with Crippen LogP contribution in [0.5, 0.6) is 17.2 Å². The highest BCUT2D eigenvalue weighted by Gasteiger charge is 2.59. The molecule has 0 radical (unpaired) electrons. The van der Waals surface area contributed by atoms with E-state index in [1.54, 1.807) is 24.3 Å². The molecule has 9 heteroatoms. The molecule has 3 aliphatic rings. The lowest BCUT2D eigenvalue weighted by atomic mass is 9.85. The van der Waals surface area contributed by atoms with E-state index < -0.39 is 0 Å². The summed E-state index contributed by atoms with van der Waals surface area (Å²) in [7, 11) is 2.92. The van der Waals surface area contributed by atoms with E-state index in [9.17, 15) is 14.4 Å². The van der Waals surface area contributed by atoms with Gasteiger partial charge in [-0.2, -0.15) is 10.1 Å². The number of carbonyl (C=O) groups excluding carboxylic acids is 3. The van der Waals surface area contributed by atoms with Crippen LogP contribution in [0.15, 0.2) is 59.7 Å². The monoisotopic (exact) mass is 475 g/mol. The van der Waals surface area contributed by atoms with E-state index in [4.69, 9.17) is 14.2 Å². The van der Waals surface area contributed by atoms with E-state index in [1.807, 2.05) is 30.4 Å². The van der Waals surface area contributed by atoms with E-state index >= 15 is 0 Å². The first kappa shape index (κ1) is 22.6. The van der Waals surface area contributed by atoms with Crippen molar-refractivity contribution in [2.45, 2.75) is 6.42 Å². The molecule has 0 unspecified atom stereocenters. The fraction of sp³-hybridized carbons (Fsp3) is 0.308. The maximum Gasteiger partial charge on any atom is 0.262 e. The highest BCUT2D eigenvalue weighted by molar-refractivity contribution is 6.06. The molecule has 1 saturated heterocycles. The number of allylic oxidation sites excluding steroid dienone is 2. The Hall–Kier alpha value is -4.14. The van der Waals surface area contributed by atoms with Gasteiger partial charge in [0, 0.05) is 11.3 Å². The molecule has 3 amide bonds. The second-order valence-corrected chi connectivity index (χ2v) is 8.69. The van der Waals surface area contributed by atoms with Crippen LogP contribution in [0, 0.1) is 23.7 Å². The number of rotatable bonds is 8. The van der Waals surface area contributed by atoms with Crippen LogP contribution < -0.4 is 19.5 Å². The first-order valence-electron chi connectivity index (χ1n) is 11.3. The number of benzene rings is 2. The molecular formula is C26H25N3O6. The molecule has 1 N–H and O–H groups in total. The van der Waals surface area contributed by atoms with E-state index in [-0.39, 0.29) is 53.7 Å². The minimum Gasteiger partial charge on any atom is -0.493 e. The summed E-state index contributed by atoms with van der Waals surface area (Å²) in [6, 6.07) is 12.3. The number of amides is 3. The van der Waals surface area contributed by atoms with Gasteiger partial charge in [0.2, 0.25) is 5.75 Å². The molecule has 35 heavy (non-hydrogen) atoms. The van der Waals surface area contributed by atoms with Crippen LogP contribution in [0.4, 0.5) is 5.69 Å². The summed E-state index contributed by atoms with van der Waals surface area (Å²) in [6.07, 6.45) is 6.37. The molecular weight excluding hydrogens is 450 g/mol. The SMILES string of the molecule is COc1cc(C=NN2C(=O)[C@@H]3[C@H](C2=O)[C@H]2C=C[C@H]3C2)cc(OC)c1OCC(=O)Nc1ccccc1. The number of carbonyl (C=O) groups is 3. The van der Waals surface area contributed by atoms with Gasteiger partial charge < -0.3 is 19.5 Å². The summed E-state index contributed by atoms with van der Waals surface area (Å²) in [5.74, 6) is -0.338. The number of hydrogen-bond donors (Lipinski definition) is 1. The highest BCUT2D eigenvalue weighted by atomic mass is 16.5. The highest BCUT2D eigenvalue weighted by Crippen LogP contribution is 2.52. The fourth-order valence-corrected chi connectivity index (χ4v) is 5.10. The van der Waals surface area contributed by atoms with Crippen LogP contribution >= 0.6 is 0 Å². The topological polar surface area (TPSA) is 107 Å². The van der Waals surface area contributed by atoms with Crippen LogP contribution in [-0.2, 0) is 14.4 Å². The first-order chi connectivity index (χ1) is 17.0. The van der Waals surface area contributed by atoms with Gasteiger partial charge >= 0.3 is 0 Å². The number of ether oxygens (including phenoxy) is 3. The largest absolute Gasteiger partial charge is 0.493 e. The molecule has 180 valence electrons. The zero-order chi connectivity index (χ0) is 24.5. The van der Waals surface area contributed by atoms with Crippen molar-refractivity contribution in [2.75, 3.05) is 26.1 Å².